The van der Waals surface area contributed by atoms with E-state index in [1.165, 1.54) is 5.56 Å². The molecule has 3 heteroatoms. The largest absolute Gasteiger partial charge is 0.464 e. The molecule has 0 unspecified atom stereocenters. The summed E-state index contributed by atoms with van der Waals surface area (Å²) in [6.45, 7) is 6.03. The van der Waals surface area contributed by atoms with Crippen molar-refractivity contribution in [3.63, 3.8) is 0 Å². The lowest BCUT2D eigenvalue weighted by Crippen LogP contribution is -2.28. The lowest BCUT2D eigenvalue weighted by molar-refractivity contribution is -0.143. The number of rotatable bonds is 4. The maximum Gasteiger partial charge on any atom is 0.328 e. The molecule has 15 heavy (non-hydrogen) atoms. The molecule has 0 bridgehead atoms. The standard InChI is InChI=1S/C12H17NO2/c1-4-15-12(14)10(3)13-11-7-5-9(2)6-8-11/h5-8,10,13H,4H2,1-3H3/t10-/m1/s1. The van der Waals surface area contributed by atoms with E-state index in [9.17, 15) is 4.79 Å². The number of benzene rings is 1. The Hall–Kier alpha value is -1.51. The highest BCUT2D eigenvalue weighted by atomic mass is 16.5. The Morgan fingerprint density at radius 3 is 2.53 bits per heavy atom. The van der Waals surface area contributed by atoms with Gasteiger partial charge in [-0.15, -0.1) is 0 Å². The molecular weight excluding hydrogens is 190 g/mol. The third kappa shape index (κ3) is 3.62. The smallest absolute Gasteiger partial charge is 0.328 e. The van der Waals surface area contributed by atoms with Crippen LogP contribution in [-0.4, -0.2) is 18.6 Å². The average molecular weight is 207 g/mol. The van der Waals surface area contributed by atoms with Gasteiger partial charge in [-0.1, -0.05) is 17.7 Å². The Morgan fingerprint density at radius 1 is 1.40 bits per heavy atom. The molecule has 1 N–H and O–H groups in total. The fraction of sp³-hybridized carbons (Fsp3) is 0.417. The second kappa shape index (κ2) is 5.39. The molecule has 1 atom stereocenters. The van der Waals surface area contributed by atoms with Crippen LogP contribution in [0.3, 0.4) is 0 Å². The van der Waals surface area contributed by atoms with Crippen molar-refractivity contribution in [3.8, 4) is 0 Å². The zero-order valence-electron chi connectivity index (χ0n) is 9.41. The predicted octanol–water partition coefficient (Wildman–Crippen LogP) is 2.36. The van der Waals surface area contributed by atoms with Gasteiger partial charge in [0.1, 0.15) is 6.04 Å². The second-order valence-corrected chi connectivity index (χ2v) is 3.48. The third-order valence-corrected chi connectivity index (χ3v) is 2.07. The fourth-order valence-corrected chi connectivity index (χ4v) is 1.23. The Kier molecular flexibility index (Phi) is 4.16. The molecule has 0 aliphatic carbocycles. The van der Waals surface area contributed by atoms with Gasteiger partial charge in [-0.25, -0.2) is 4.79 Å². The Labute approximate surface area is 90.4 Å². The number of carbonyl (C=O) groups excluding carboxylic acids is 1. The maximum atomic E-state index is 11.3. The van der Waals surface area contributed by atoms with Gasteiger partial charge >= 0.3 is 5.97 Å². The number of nitrogens with one attached hydrogen (secondary N) is 1. The van der Waals surface area contributed by atoms with Gasteiger partial charge in [0.2, 0.25) is 0 Å². The third-order valence-electron chi connectivity index (χ3n) is 2.07. The van der Waals surface area contributed by atoms with Gasteiger partial charge in [-0.2, -0.15) is 0 Å². The number of esters is 1. The van der Waals surface area contributed by atoms with E-state index < -0.39 is 0 Å². The Bertz CT molecular complexity index is 319. The van der Waals surface area contributed by atoms with Gasteiger partial charge in [0, 0.05) is 5.69 Å². The molecule has 0 aromatic heterocycles. The van der Waals surface area contributed by atoms with Crippen molar-refractivity contribution in [2.45, 2.75) is 26.8 Å². The van der Waals surface area contributed by atoms with Crippen LogP contribution >= 0.6 is 0 Å². The van der Waals surface area contributed by atoms with Gasteiger partial charge < -0.3 is 10.1 Å². The topological polar surface area (TPSA) is 38.3 Å². The van der Waals surface area contributed by atoms with Crippen molar-refractivity contribution in [2.24, 2.45) is 0 Å². The SMILES string of the molecule is CCOC(=O)[C@@H](C)Nc1ccc(C)cc1. The number of hydrogen-bond donors (Lipinski definition) is 1. The van der Waals surface area contributed by atoms with E-state index in [4.69, 9.17) is 4.74 Å². The zero-order valence-corrected chi connectivity index (χ0v) is 9.41. The van der Waals surface area contributed by atoms with Crippen LogP contribution in [0.15, 0.2) is 24.3 Å². The van der Waals surface area contributed by atoms with Crippen LogP contribution in [-0.2, 0) is 9.53 Å². The molecule has 0 aliphatic rings. The minimum atomic E-state index is -0.312. The highest BCUT2D eigenvalue weighted by Crippen LogP contribution is 2.10. The highest BCUT2D eigenvalue weighted by molar-refractivity contribution is 5.78. The molecule has 1 rings (SSSR count). The first-order valence-electron chi connectivity index (χ1n) is 5.13. The van der Waals surface area contributed by atoms with Crippen molar-refractivity contribution >= 4 is 11.7 Å². The summed E-state index contributed by atoms with van der Waals surface area (Å²) >= 11 is 0. The molecule has 1 aromatic carbocycles. The summed E-state index contributed by atoms with van der Waals surface area (Å²) in [5.41, 5.74) is 2.13. The van der Waals surface area contributed by atoms with Crippen LogP contribution < -0.4 is 5.32 Å². The predicted molar refractivity (Wildman–Crippen MR) is 60.9 cm³/mol. The van der Waals surface area contributed by atoms with Gasteiger partial charge in [0.25, 0.3) is 0 Å². The van der Waals surface area contributed by atoms with Gasteiger partial charge in [-0.3, -0.25) is 0 Å². The van der Waals surface area contributed by atoms with Gasteiger partial charge in [0.05, 0.1) is 6.61 Å². The summed E-state index contributed by atoms with van der Waals surface area (Å²) in [6, 6.07) is 7.59. The molecule has 1 aromatic rings. The summed E-state index contributed by atoms with van der Waals surface area (Å²) < 4.78 is 4.90. The van der Waals surface area contributed by atoms with Crippen LogP contribution in [0.25, 0.3) is 0 Å². The number of aryl methyl sites for hydroxylation is 1. The molecule has 0 fully saturated rings. The number of ether oxygens (including phenoxy) is 1. The van der Waals surface area contributed by atoms with E-state index in [0.717, 1.165) is 5.69 Å². The lowest BCUT2D eigenvalue weighted by atomic mass is 10.2. The first-order valence-corrected chi connectivity index (χ1v) is 5.13. The second-order valence-electron chi connectivity index (χ2n) is 3.48. The molecule has 0 saturated carbocycles. The van der Waals surface area contributed by atoms with Crippen LogP contribution in [0, 0.1) is 6.92 Å². The van der Waals surface area contributed by atoms with E-state index in [2.05, 4.69) is 5.32 Å². The molecule has 3 nitrogen and oxygen atoms in total. The van der Waals surface area contributed by atoms with Crippen molar-refractivity contribution in [1.82, 2.24) is 0 Å². The quantitative estimate of drug-likeness (QED) is 0.770. The van der Waals surface area contributed by atoms with E-state index >= 15 is 0 Å². The van der Waals surface area contributed by atoms with Crippen LogP contribution in [0.4, 0.5) is 5.69 Å². The maximum absolute atomic E-state index is 11.3. The molecule has 0 radical (unpaired) electrons. The molecule has 0 spiro atoms. The van der Waals surface area contributed by atoms with Gasteiger partial charge in [-0.05, 0) is 32.9 Å². The Balaban J connectivity index is 2.54. The van der Waals surface area contributed by atoms with Crippen LogP contribution in [0.2, 0.25) is 0 Å². The minimum absolute atomic E-state index is 0.224. The molecule has 0 heterocycles. The van der Waals surface area contributed by atoms with E-state index in [1.807, 2.05) is 31.2 Å². The average Bonchev–Trinajstić information content (AvgIpc) is 2.22. The Morgan fingerprint density at radius 2 is 2.00 bits per heavy atom. The highest BCUT2D eigenvalue weighted by Gasteiger charge is 2.12. The first-order chi connectivity index (χ1) is 7.13. The molecule has 0 saturated heterocycles. The van der Waals surface area contributed by atoms with Gasteiger partial charge in [0.15, 0.2) is 0 Å². The van der Waals surface area contributed by atoms with Crippen molar-refractivity contribution in [3.05, 3.63) is 29.8 Å². The summed E-state index contributed by atoms with van der Waals surface area (Å²) in [5.74, 6) is -0.224. The summed E-state index contributed by atoms with van der Waals surface area (Å²) in [6.07, 6.45) is 0. The van der Waals surface area contributed by atoms with E-state index in [-0.39, 0.29) is 12.0 Å². The molecule has 0 amide bonds. The number of anilines is 1. The van der Waals surface area contributed by atoms with E-state index in [1.54, 1.807) is 13.8 Å². The summed E-state index contributed by atoms with van der Waals surface area (Å²) in [4.78, 5) is 11.3. The lowest BCUT2D eigenvalue weighted by Gasteiger charge is -2.13. The number of hydrogen-bond acceptors (Lipinski definition) is 3. The van der Waals surface area contributed by atoms with Crippen molar-refractivity contribution < 1.29 is 9.53 Å². The zero-order chi connectivity index (χ0) is 11.3. The summed E-state index contributed by atoms with van der Waals surface area (Å²) in [7, 11) is 0. The summed E-state index contributed by atoms with van der Waals surface area (Å²) in [5, 5.41) is 3.08. The fourth-order valence-electron chi connectivity index (χ4n) is 1.23. The molecular formula is C12H17NO2. The molecule has 0 aliphatic heterocycles. The van der Waals surface area contributed by atoms with E-state index in [0.29, 0.717) is 6.61 Å². The monoisotopic (exact) mass is 207 g/mol. The minimum Gasteiger partial charge on any atom is -0.464 e. The van der Waals surface area contributed by atoms with Crippen molar-refractivity contribution in [1.29, 1.82) is 0 Å². The first kappa shape index (κ1) is 11.6. The normalized spacial score (nSPS) is 11.9. The van der Waals surface area contributed by atoms with Crippen LogP contribution in [0.5, 0.6) is 0 Å². The van der Waals surface area contributed by atoms with Crippen LogP contribution in [0.1, 0.15) is 19.4 Å². The molecule has 82 valence electrons. The van der Waals surface area contributed by atoms with Crippen molar-refractivity contribution in [2.75, 3.05) is 11.9 Å². The number of carbonyl (C=O) groups is 1.